The Hall–Kier alpha value is -0.880. The van der Waals surface area contributed by atoms with E-state index in [0.29, 0.717) is 6.07 Å². The van der Waals surface area contributed by atoms with Gasteiger partial charge in [-0.2, -0.15) is 13.2 Å². The van der Waals surface area contributed by atoms with Gasteiger partial charge in [-0.1, -0.05) is 17.7 Å². The van der Waals surface area contributed by atoms with Gasteiger partial charge in [0.05, 0.1) is 10.6 Å². The molecule has 7 heteroatoms. The van der Waals surface area contributed by atoms with E-state index in [4.69, 9.17) is 16.7 Å². The van der Waals surface area contributed by atoms with Gasteiger partial charge in [-0.25, -0.2) is 8.78 Å². The van der Waals surface area contributed by atoms with Gasteiger partial charge in [0.15, 0.2) is 0 Å². The van der Waals surface area contributed by atoms with E-state index in [1.54, 1.807) is 0 Å². The third kappa shape index (κ3) is 2.82. The summed E-state index contributed by atoms with van der Waals surface area (Å²) >= 11 is 5.28. The highest BCUT2D eigenvalue weighted by Gasteiger charge is 2.34. The van der Waals surface area contributed by atoms with Gasteiger partial charge in [-0.15, -0.1) is 0 Å². The van der Waals surface area contributed by atoms with E-state index in [1.165, 1.54) is 0 Å². The summed E-state index contributed by atoms with van der Waals surface area (Å²) in [6.45, 7) is 0. The molecule has 0 amide bonds. The number of hydrogen-bond donors (Lipinski definition) is 1. The minimum absolute atomic E-state index is 0.416. The zero-order chi connectivity index (χ0) is 12.5. The normalized spacial score (nSPS) is 14.2. The Morgan fingerprint density at radius 1 is 1.19 bits per heavy atom. The van der Waals surface area contributed by atoms with Crippen molar-refractivity contribution in [2.24, 2.45) is 0 Å². The molecule has 0 heterocycles. The molecule has 0 saturated heterocycles. The van der Waals surface area contributed by atoms with E-state index in [9.17, 15) is 22.0 Å². The van der Waals surface area contributed by atoms with Gasteiger partial charge in [0.25, 0.3) is 6.43 Å². The first kappa shape index (κ1) is 13.2. The lowest BCUT2D eigenvalue weighted by molar-refractivity contribution is -0.137. The highest BCUT2D eigenvalue weighted by Crippen LogP contribution is 2.36. The molecule has 1 rings (SSSR count). The standard InChI is InChI=1S/C9H6ClF5O/c10-6-2-1-4(7(16)8(11)12)3-5(6)9(13,14)15/h1-3,7-8,16H. The molecular formula is C9H6ClF5O. The van der Waals surface area contributed by atoms with Crippen LogP contribution >= 0.6 is 11.6 Å². The first-order valence-electron chi connectivity index (χ1n) is 4.06. The Balaban J connectivity index is 3.18. The Morgan fingerprint density at radius 2 is 1.75 bits per heavy atom. The van der Waals surface area contributed by atoms with E-state index in [-0.39, 0.29) is 0 Å². The Bertz CT molecular complexity index is 377. The summed E-state index contributed by atoms with van der Waals surface area (Å²) in [4.78, 5) is 0. The summed E-state index contributed by atoms with van der Waals surface area (Å²) in [7, 11) is 0. The van der Waals surface area contributed by atoms with E-state index < -0.39 is 34.9 Å². The van der Waals surface area contributed by atoms with E-state index in [2.05, 4.69) is 0 Å². The highest BCUT2D eigenvalue weighted by molar-refractivity contribution is 6.31. The molecule has 0 spiro atoms. The third-order valence-corrected chi connectivity index (χ3v) is 2.21. The van der Waals surface area contributed by atoms with Crippen LogP contribution in [0.3, 0.4) is 0 Å². The van der Waals surface area contributed by atoms with Crippen LogP contribution in [0.15, 0.2) is 18.2 Å². The van der Waals surface area contributed by atoms with Gasteiger partial charge < -0.3 is 5.11 Å². The summed E-state index contributed by atoms with van der Waals surface area (Å²) in [6, 6.07) is 2.17. The fourth-order valence-corrected chi connectivity index (χ4v) is 1.31. The van der Waals surface area contributed by atoms with Crippen molar-refractivity contribution in [2.75, 3.05) is 0 Å². The zero-order valence-corrected chi connectivity index (χ0v) is 8.36. The predicted octanol–water partition coefficient (Wildman–Crippen LogP) is 3.66. The minimum atomic E-state index is -4.74. The highest BCUT2D eigenvalue weighted by atomic mass is 35.5. The van der Waals surface area contributed by atoms with E-state index >= 15 is 0 Å². The third-order valence-electron chi connectivity index (χ3n) is 1.88. The lowest BCUT2D eigenvalue weighted by Gasteiger charge is -2.14. The average Bonchev–Trinajstić information content (AvgIpc) is 2.15. The van der Waals surface area contributed by atoms with Gasteiger partial charge in [0, 0.05) is 0 Å². The number of rotatable bonds is 2. The molecule has 0 fully saturated rings. The van der Waals surface area contributed by atoms with Crippen LogP contribution < -0.4 is 0 Å². The SMILES string of the molecule is OC(c1ccc(Cl)c(C(F)(F)F)c1)C(F)F. The topological polar surface area (TPSA) is 20.2 Å². The summed E-state index contributed by atoms with van der Waals surface area (Å²) in [5, 5.41) is 8.32. The second-order valence-electron chi connectivity index (χ2n) is 3.02. The molecule has 1 aromatic rings. The van der Waals surface area contributed by atoms with Crippen LogP contribution in [-0.4, -0.2) is 11.5 Å². The Kier molecular flexibility index (Phi) is 3.75. The lowest BCUT2D eigenvalue weighted by Crippen LogP contribution is -2.11. The Morgan fingerprint density at radius 3 is 2.19 bits per heavy atom. The van der Waals surface area contributed by atoms with Crippen LogP contribution in [0.5, 0.6) is 0 Å². The molecule has 1 nitrogen and oxygen atoms in total. The number of aliphatic hydroxyl groups is 1. The zero-order valence-electron chi connectivity index (χ0n) is 7.60. The molecule has 0 aliphatic heterocycles. The molecular weight excluding hydrogens is 255 g/mol. The maximum absolute atomic E-state index is 12.3. The second kappa shape index (κ2) is 4.55. The molecule has 0 aliphatic carbocycles. The molecule has 1 unspecified atom stereocenters. The van der Waals surface area contributed by atoms with Crippen LogP contribution in [-0.2, 0) is 6.18 Å². The van der Waals surface area contributed by atoms with Gasteiger partial charge in [-0.3, -0.25) is 0 Å². The van der Waals surface area contributed by atoms with Crippen molar-refractivity contribution in [1.29, 1.82) is 0 Å². The average molecular weight is 261 g/mol. The Labute approximate surface area is 92.5 Å². The van der Waals surface area contributed by atoms with Gasteiger partial charge >= 0.3 is 6.18 Å². The lowest BCUT2D eigenvalue weighted by atomic mass is 10.1. The molecule has 1 atom stereocenters. The van der Waals surface area contributed by atoms with Crippen molar-refractivity contribution in [2.45, 2.75) is 18.7 Å². The van der Waals surface area contributed by atoms with Crippen molar-refractivity contribution in [3.05, 3.63) is 34.3 Å². The van der Waals surface area contributed by atoms with Crippen molar-refractivity contribution >= 4 is 11.6 Å². The van der Waals surface area contributed by atoms with Crippen molar-refractivity contribution < 1.29 is 27.1 Å². The van der Waals surface area contributed by atoms with Crippen LogP contribution in [0, 0.1) is 0 Å². The maximum atomic E-state index is 12.3. The quantitative estimate of drug-likeness (QED) is 0.805. The van der Waals surface area contributed by atoms with Crippen molar-refractivity contribution in [3.63, 3.8) is 0 Å². The van der Waals surface area contributed by atoms with Gasteiger partial charge in [-0.05, 0) is 17.7 Å². The molecule has 1 aromatic carbocycles. The summed E-state index contributed by atoms with van der Waals surface area (Å²) in [5.41, 5.74) is -1.77. The molecule has 0 saturated carbocycles. The van der Waals surface area contributed by atoms with Crippen LogP contribution in [0.1, 0.15) is 17.2 Å². The first-order valence-corrected chi connectivity index (χ1v) is 4.44. The summed E-state index contributed by atoms with van der Waals surface area (Å²) < 4.78 is 61.2. The van der Waals surface area contributed by atoms with E-state index in [0.717, 1.165) is 12.1 Å². The molecule has 0 aromatic heterocycles. The molecule has 1 N–H and O–H groups in total. The second-order valence-corrected chi connectivity index (χ2v) is 3.42. The van der Waals surface area contributed by atoms with Crippen LogP contribution in [0.4, 0.5) is 22.0 Å². The first-order chi connectivity index (χ1) is 7.23. The van der Waals surface area contributed by atoms with Crippen LogP contribution in [0.2, 0.25) is 5.02 Å². The summed E-state index contributed by atoms with van der Waals surface area (Å²) in [6.07, 6.45) is -10.1. The van der Waals surface area contributed by atoms with E-state index in [1.807, 2.05) is 0 Å². The molecule has 90 valence electrons. The largest absolute Gasteiger partial charge is 0.417 e. The smallest absolute Gasteiger partial charge is 0.382 e. The molecule has 0 bridgehead atoms. The minimum Gasteiger partial charge on any atom is -0.382 e. The number of benzene rings is 1. The van der Waals surface area contributed by atoms with Crippen molar-refractivity contribution in [3.8, 4) is 0 Å². The molecule has 16 heavy (non-hydrogen) atoms. The molecule has 0 radical (unpaired) electrons. The number of aliphatic hydroxyl groups excluding tert-OH is 1. The fraction of sp³-hybridized carbons (Fsp3) is 0.333. The molecule has 0 aliphatic rings. The summed E-state index contributed by atoms with van der Waals surface area (Å²) in [5.74, 6) is 0. The van der Waals surface area contributed by atoms with Crippen LogP contribution in [0.25, 0.3) is 0 Å². The fourth-order valence-electron chi connectivity index (χ4n) is 1.09. The van der Waals surface area contributed by atoms with Crippen molar-refractivity contribution in [1.82, 2.24) is 0 Å². The monoisotopic (exact) mass is 260 g/mol. The number of alkyl halides is 5. The predicted molar refractivity (Wildman–Crippen MR) is 47.4 cm³/mol. The van der Waals surface area contributed by atoms with Gasteiger partial charge in [0.2, 0.25) is 0 Å². The van der Waals surface area contributed by atoms with Gasteiger partial charge in [0.1, 0.15) is 6.10 Å². The maximum Gasteiger partial charge on any atom is 0.417 e. The number of halogens is 6. The number of hydrogen-bond acceptors (Lipinski definition) is 1.